The molecular weight excluding hydrogens is 385 g/mol. The lowest BCUT2D eigenvalue weighted by Gasteiger charge is -2.72. The number of nitrogens with one attached hydrogen (secondary N) is 1. The molecule has 7 heteroatoms. The third kappa shape index (κ3) is 2.75. The first-order valence-corrected chi connectivity index (χ1v) is 10.2. The standard InChI is InChI=1S/C23H24FN3O3/c1-26(23-12-22(13-23,14-23)25-20(28)29)21(30)27-11-10-15-4-2-3-5-18(15)19(27)16-6-8-17(24)9-7-16/h2-9,19,25H,10-14H2,1H3,(H,28,29). The fourth-order valence-electron chi connectivity index (χ4n) is 5.62. The smallest absolute Gasteiger partial charge is 0.405 e. The van der Waals surface area contributed by atoms with Crippen LogP contribution in [0.2, 0.25) is 0 Å². The first-order chi connectivity index (χ1) is 14.3. The summed E-state index contributed by atoms with van der Waals surface area (Å²) in [6, 6.07) is 14.1. The molecule has 2 N–H and O–H groups in total. The summed E-state index contributed by atoms with van der Waals surface area (Å²) < 4.78 is 13.5. The second-order valence-electron chi connectivity index (χ2n) is 8.90. The van der Waals surface area contributed by atoms with Crippen molar-refractivity contribution in [3.63, 3.8) is 0 Å². The van der Waals surface area contributed by atoms with Crippen LogP contribution in [0.4, 0.5) is 14.0 Å². The van der Waals surface area contributed by atoms with E-state index in [2.05, 4.69) is 11.4 Å². The number of fused-ring (bicyclic) bond motifs is 1. The van der Waals surface area contributed by atoms with Gasteiger partial charge in [0.05, 0.1) is 17.1 Å². The van der Waals surface area contributed by atoms with E-state index in [1.54, 1.807) is 17.0 Å². The molecule has 0 radical (unpaired) electrons. The van der Waals surface area contributed by atoms with Crippen LogP contribution < -0.4 is 5.32 Å². The highest BCUT2D eigenvalue weighted by Gasteiger charge is 2.71. The molecule has 3 saturated carbocycles. The minimum absolute atomic E-state index is 0.0672. The minimum Gasteiger partial charge on any atom is -0.465 e. The van der Waals surface area contributed by atoms with E-state index in [1.807, 2.05) is 30.1 Å². The lowest BCUT2D eigenvalue weighted by molar-refractivity contribution is -0.151. The van der Waals surface area contributed by atoms with Crippen molar-refractivity contribution >= 4 is 12.1 Å². The van der Waals surface area contributed by atoms with Crippen LogP contribution in [0.5, 0.6) is 0 Å². The van der Waals surface area contributed by atoms with Gasteiger partial charge in [0.15, 0.2) is 0 Å². The molecule has 30 heavy (non-hydrogen) atoms. The molecule has 6 rings (SSSR count). The number of hydrogen-bond donors (Lipinski definition) is 2. The number of urea groups is 1. The van der Waals surface area contributed by atoms with Crippen molar-refractivity contribution in [2.45, 2.75) is 42.8 Å². The monoisotopic (exact) mass is 409 g/mol. The summed E-state index contributed by atoms with van der Waals surface area (Å²) in [5, 5.41) is 11.6. The summed E-state index contributed by atoms with van der Waals surface area (Å²) in [7, 11) is 1.81. The van der Waals surface area contributed by atoms with Gasteiger partial charge in [-0.25, -0.2) is 14.0 Å². The number of halogens is 1. The van der Waals surface area contributed by atoms with Gasteiger partial charge in [-0.2, -0.15) is 0 Å². The first kappa shape index (κ1) is 18.9. The molecule has 4 aliphatic rings. The Kier molecular flexibility index (Phi) is 4.07. The molecule has 2 aromatic rings. The zero-order valence-corrected chi connectivity index (χ0v) is 16.8. The fraction of sp³-hybridized carbons (Fsp3) is 0.391. The van der Waals surface area contributed by atoms with Crippen LogP contribution >= 0.6 is 0 Å². The summed E-state index contributed by atoms with van der Waals surface area (Å²) >= 11 is 0. The van der Waals surface area contributed by atoms with Crippen molar-refractivity contribution in [2.75, 3.05) is 13.6 Å². The van der Waals surface area contributed by atoms with Crippen molar-refractivity contribution < 1.29 is 19.1 Å². The molecule has 2 bridgehead atoms. The number of carbonyl (C=O) groups is 2. The van der Waals surface area contributed by atoms with E-state index in [0.717, 1.165) is 17.5 Å². The Morgan fingerprint density at radius 2 is 1.80 bits per heavy atom. The number of benzene rings is 2. The molecule has 1 atom stereocenters. The van der Waals surface area contributed by atoms with Gasteiger partial charge < -0.3 is 20.2 Å². The van der Waals surface area contributed by atoms with Gasteiger partial charge in [0.25, 0.3) is 0 Å². The van der Waals surface area contributed by atoms with Gasteiger partial charge in [-0.15, -0.1) is 0 Å². The number of rotatable bonds is 3. The second-order valence-corrected chi connectivity index (χ2v) is 8.90. The molecule has 1 unspecified atom stereocenters. The largest absolute Gasteiger partial charge is 0.465 e. The van der Waals surface area contributed by atoms with Gasteiger partial charge in [-0.05, 0) is 54.5 Å². The number of hydrogen-bond acceptors (Lipinski definition) is 2. The lowest BCUT2D eigenvalue weighted by atomic mass is 9.43. The summed E-state index contributed by atoms with van der Waals surface area (Å²) in [5.41, 5.74) is 2.51. The highest BCUT2D eigenvalue weighted by atomic mass is 19.1. The number of carbonyl (C=O) groups excluding carboxylic acids is 1. The summed E-state index contributed by atoms with van der Waals surface area (Å²) in [5.74, 6) is -0.303. The minimum atomic E-state index is -1.01. The predicted molar refractivity (Wildman–Crippen MR) is 109 cm³/mol. The number of amides is 3. The van der Waals surface area contributed by atoms with Crippen molar-refractivity contribution in [1.82, 2.24) is 15.1 Å². The van der Waals surface area contributed by atoms with E-state index in [9.17, 15) is 14.0 Å². The third-order valence-corrected chi connectivity index (χ3v) is 7.09. The molecule has 1 heterocycles. The van der Waals surface area contributed by atoms with Gasteiger partial charge >= 0.3 is 12.1 Å². The molecule has 2 aromatic carbocycles. The molecule has 0 saturated heterocycles. The Morgan fingerprint density at radius 1 is 1.13 bits per heavy atom. The first-order valence-electron chi connectivity index (χ1n) is 10.2. The maximum Gasteiger partial charge on any atom is 0.405 e. The maximum atomic E-state index is 13.6. The maximum absolute atomic E-state index is 13.6. The molecule has 0 aromatic heterocycles. The highest BCUT2D eigenvalue weighted by molar-refractivity contribution is 5.78. The van der Waals surface area contributed by atoms with Crippen LogP contribution in [0.1, 0.15) is 42.0 Å². The number of carboxylic acid groups (broad SMARTS) is 1. The van der Waals surface area contributed by atoms with Crippen LogP contribution in [0, 0.1) is 5.82 Å². The van der Waals surface area contributed by atoms with E-state index in [1.165, 1.54) is 17.7 Å². The quantitative estimate of drug-likeness (QED) is 0.811. The van der Waals surface area contributed by atoms with Crippen molar-refractivity contribution in [3.05, 3.63) is 71.0 Å². The zero-order chi connectivity index (χ0) is 21.1. The molecular formula is C23H24FN3O3. The topological polar surface area (TPSA) is 72.9 Å². The van der Waals surface area contributed by atoms with Gasteiger partial charge in [0.2, 0.25) is 0 Å². The molecule has 3 amide bonds. The molecule has 1 aliphatic heterocycles. The number of nitrogens with zero attached hydrogens (tertiary/aromatic N) is 2. The Bertz CT molecular complexity index is 1000. The van der Waals surface area contributed by atoms with E-state index >= 15 is 0 Å². The SMILES string of the molecule is CN(C(=O)N1CCc2ccccc2C1c1ccc(F)cc1)C12CC(NC(=O)O)(C1)C2. The van der Waals surface area contributed by atoms with Gasteiger partial charge in [0.1, 0.15) is 5.82 Å². The molecule has 0 spiro atoms. The summed E-state index contributed by atoms with van der Waals surface area (Å²) in [4.78, 5) is 28.3. The van der Waals surface area contributed by atoms with Crippen LogP contribution in [-0.4, -0.2) is 51.7 Å². The highest BCUT2D eigenvalue weighted by Crippen LogP contribution is 2.63. The third-order valence-electron chi connectivity index (χ3n) is 7.09. The van der Waals surface area contributed by atoms with E-state index in [-0.39, 0.29) is 29.0 Å². The molecule has 3 fully saturated rings. The Balaban J connectivity index is 1.42. The second kappa shape index (κ2) is 6.45. The molecule has 6 nitrogen and oxygen atoms in total. The van der Waals surface area contributed by atoms with Crippen LogP contribution in [0.25, 0.3) is 0 Å². The predicted octanol–water partition coefficient (Wildman–Crippen LogP) is 3.77. The van der Waals surface area contributed by atoms with Crippen LogP contribution in [0.15, 0.2) is 48.5 Å². The van der Waals surface area contributed by atoms with Crippen LogP contribution in [-0.2, 0) is 6.42 Å². The van der Waals surface area contributed by atoms with Crippen LogP contribution in [0.3, 0.4) is 0 Å². The van der Waals surface area contributed by atoms with Crippen molar-refractivity contribution in [3.8, 4) is 0 Å². The average Bonchev–Trinajstić information content (AvgIpc) is 2.68. The Morgan fingerprint density at radius 3 is 2.47 bits per heavy atom. The van der Waals surface area contributed by atoms with E-state index in [0.29, 0.717) is 25.8 Å². The fourth-order valence-corrected chi connectivity index (χ4v) is 5.62. The summed E-state index contributed by atoms with van der Waals surface area (Å²) in [6.07, 6.45) is 1.71. The van der Waals surface area contributed by atoms with Crippen molar-refractivity contribution in [2.24, 2.45) is 0 Å². The average molecular weight is 409 g/mol. The molecule has 3 aliphatic carbocycles. The Hall–Kier alpha value is -3.09. The van der Waals surface area contributed by atoms with Gasteiger partial charge in [-0.3, -0.25) is 0 Å². The van der Waals surface area contributed by atoms with E-state index < -0.39 is 6.09 Å². The van der Waals surface area contributed by atoms with Crippen molar-refractivity contribution in [1.29, 1.82) is 0 Å². The normalized spacial score (nSPS) is 28.6. The summed E-state index contributed by atoms with van der Waals surface area (Å²) in [6.45, 7) is 0.580. The zero-order valence-electron chi connectivity index (χ0n) is 16.8. The van der Waals surface area contributed by atoms with Gasteiger partial charge in [-0.1, -0.05) is 36.4 Å². The lowest BCUT2D eigenvalue weighted by Crippen LogP contribution is -2.84. The van der Waals surface area contributed by atoms with E-state index in [4.69, 9.17) is 5.11 Å². The molecule has 156 valence electrons. The Labute approximate surface area is 174 Å². The van der Waals surface area contributed by atoms with Gasteiger partial charge in [0, 0.05) is 13.6 Å².